The zero-order valence-electron chi connectivity index (χ0n) is 7.61. The van der Waals surface area contributed by atoms with Crippen LogP contribution >= 0.6 is 26.6 Å². The summed E-state index contributed by atoms with van der Waals surface area (Å²) in [7, 11) is 1.81. The molecule has 82 valence electrons. The maximum absolute atomic E-state index is 11.4. The van der Waals surface area contributed by atoms with E-state index in [2.05, 4.69) is 15.9 Å². The van der Waals surface area contributed by atoms with Gasteiger partial charge in [0.15, 0.2) is 0 Å². The summed E-state index contributed by atoms with van der Waals surface area (Å²) in [5.74, 6) is 0.596. The highest BCUT2D eigenvalue weighted by Crippen LogP contribution is 2.39. The van der Waals surface area contributed by atoms with Crippen molar-refractivity contribution in [3.63, 3.8) is 0 Å². The molecule has 1 atom stereocenters. The molecule has 1 heterocycles. The lowest BCUT2D eigenvalue weighted by Gasteiger charge is -2.23. The molecule has 1 aromatic carbocycles. The molecular weight excluding hydrogens is 304 g/mol. The van der Waals surface area contributed by atoms with Crippen molar-refractivity contribution in [3.05, 3.63) is 28.2 Å². The third-order valence-corrected chi connectivity index (χ3v) is 4.60. The number of fused-ring (bicyclic) bond motifs is 1. The second-order valence-corrected chi connectivity index (χ2v) is 7.01. The summed E-state index contributed by atoms with van der Waals surface area (Å²) in [6.07, 6.45) is 0.398. The first-order valence-electron chi connectivity index (χ1n) is 4.34. The molecule has 0 spiro atoms. The molecule has 0 aliphatic carbocycles. The lowest BCUT2D eigenvalue weighted by Crippen LogP contribution is -2.18. The van der Waals surface area contributed by atoms with E-state index < -0.39 is 14.3 Å². The van der Waals surface area contributed by atoms with Gasteiger partial charge in [-0.15, -0.1) is 0 Å². The molecule has 0 bridgehead atoms. The van der Waals surface area contributed by atoms with Crippen molar-refractivity contribution in [3.8, 4) is 5.75 Å². The van der Waals surface area contributed by atoms with E-state index >= 15 is 0 Å². The predicted molar refractivity (Wildman–Crippen MR) is 61.8 cm³/mol. The topological polar surface area (TPSA) is 43.4 Å². The van der Waals surface area contributed by atoms with E-state index in [0.717, 1.165) is 4.47 Å². The second kappa shape index (κ2) is 3.96. The Kier molecular flexibility index (Phi) is 2.96. The fourth-order valence-electron chi connectivity index (χ4n) is 1.63. The van der Waals surface area contributed by atoms with Crippen molar-refractivity contribution in [1.82, 2.24) is 0 Å². The fourth-order valence-corrected chi connectivity index (χ4v) is 3.43. The number of benzene rings is 1. The van der Waals surface area contributed by atoms with Crippen LogP contribution in [0.1, 0.15) is 17.2 Å². The number of halogens is 2. The Hall–Kier alpha value is -0.260. The van der Waals surface area contributed by atoms with Gasteiger partial charge >= 0.3 is 0 Å². The number of hydrogen-bond donors (Lipinski definition) is 0. The van der Waals surface area contributed by atoms with Crippen LogP contribution in [-0.2, 0) is 9.05 Å². The Labute approximate surface area is 101 Å². The first-order valence-corrected chi connectivity index (χ1v) is 7.51. The third-order valence-electron chi connectivity index (χ3n) is 2.30. The summed E-state index contributed by atoms with van der Waals surface area (Å²) in [5.41, 5.74) is 0.630. The first kappa shape index (κ1) is 11.2. The molecule has 15 heavy (non-hydrogen) atoms. The van der Waals surface area contributed by atoms with E-state index in [9.17, 15) is 8.42 Å². The van der Waals surface area contributed by atoms with E-state index in [0.29, 0.717) is 24.3 Å². The van der Waals surface area contributed by atoms with Crippen LogP contribution in [0.25, 0.3) is 0 Å². The number of ether oxygens (including phenoxy) is 1. The van der Waals surface area contributed by atoms with Gasteiger partial charge in [-0.05, 0) is 18.2 Å². The number of rotatable bonds is 1. The van der Waals surface area contributed by atoms with E-state index in [-0.39, 0.29) is 0 Å². The molecule has 0 amide bonds. The van der Waals surface area contributed by atoms with Gasteiger partial charge in [0, 0.05) is 27.1 Å². The van der Waals surface area contributed by atoms with Crippen LogP contribution in [0, 0.1) is 0 Å². The summed E-state index contributed by atoms with van der Waals surface area (Å²) < 4.78 is 28.9. The minimum absolute atomic E-state index is 0.380. The van der Waals surface area contributed by atoms with Crippen molar-refractivity contribution in [2.75, 3.05) is 6.61 Å². The summed E-state index contributed by atoms with van der Waals surface area (Å²) in [5, 5.41) is -0.666. The van der Waals surface area contributed by atoms with Crippen LogP contribution in [0.2, 0.25) is 0 Å². The molecule has 3 nitrogen and oxygen atoms in total. The van der Waals surface area contributed by atoms with Crippen LogP contribution in [0.15, 0.2) is 22.7 Å². The van der Waals surface area contributed by atoms with Crippen molar-refractivity contribution < 1.29 is 13.2 Å². The third kappa shape index (κ3) is 2.29. The normalized spacial score (nSPS) is 20.5. The average Bonchev–Trinajstić information content (AvgIpc) is 2.15. The molecule has 6 heteroatoms. The Bertz CT molecular complexity index is 486. The summed E-state index contributed by atoms with van der Waals surface area (Å²) in [6.45, 7) is 0.380. The number of hydrogen-bond acceptors (Lipinski definition) is 3. The molecule has 1 aliphatic rings. The van der Waals surface area contributed by atoms with Crippen LogP contribution < -0.4 is 4.74 Å². The van der Waals surface area contributed by atoms with Crippen LogP contribution in [-0.4, -0.2) is 15.0 Å². The van der Waals surface area contributed by atoms with Gasteiger partial charge in [-0.3, -0.25) is 0 Å². The average molecular weight is 312 g/mol. The molecular formula is C9H8BrClO3S. The lowest BCUT2D eigenvalue weighted by atomic mass is 10.1. The van der Waals surface area contributed by atoms with E-state index in [1.54, 1.807) is 12.1 Å². The van der Waals surface area contributed by atoms with Gasteiger partial charge in [0.25, 0.3) is 0 Å². The van der Waals surface area contributed by atoms with Crippen LogP contribution in [0.5, 0.6) is 5.75 Å². The zero-order valence-corrected chi connectivity index (χ0v) is 10.8. The van der Waals surface area contributed by atoms with Crippen molar-refractivity contribution in [1.29, 1.82) is 0 Å². The van der Waals surface area contributed by atoms with Gasteiger partial charge in [0.1, 0.15) is 11.0 Å². The molecule has 0 saturated carbocycles. The van der Waals surface area contributed by atoms with Gasteiger partial charge in [-0.2, -0.15) is 0 Å². The highest BCUT2D eigenvalue weighted by molar-refractivity contribution is 9.10. The minimum atomic E-state index is -3.58. The van der Waals surface area contributed by atoms with E-state index in [4.69, 9.17) is 15.4 Å². The van der Waals surface area contributed by atoms with Crippen LogP contribution in [0.3, 0.4) is 0 Å². The standard InChI is InChI=1S/C9H8BrClO3S/c10-6-1-2-8-7(5-6)9(3-4-14-8)15(11,12)13/h1-2,5,9H,3-4H2. The van der Waals surface area contributed by atoms with Gasteiger partial charge < -0.3 is 4.74 Å². The summed E-state index contributed by atoms with van der Waals surface area (Å²) in [4.78, 5) is 0. The Balaban J connectivity index is 2.55. The van der Waals surface area contributed by atoms with Crippen molar-refractivity contribution >= 4 is 35.7 Å². The fraction of sp³-hybridized carbons (Fsp3) is 0.333. The maximum atomic E-state index is 11.4. The molecule has 1 unspecified atom stereocenters. The highest BCUT2D eigenvalue weighted by atomic mass is 79.9. The van der Waals surface area contributed by atoms with E-state index in [1.165, 1.54) is 0 Å². The molecule has 0 radical (unpaired) electrons. The SMILES string of the molecule is O=S(=O)(Cl)C1CCOc2ccc(Br)cc21. The summed E-state index contributed by atoms with van der Waals surface area (Å²) >= 11 is 3.29. The predicted octanol–water partition coefficient (Wildman–Crippen LogP) is 2.84. The second-order valence-electron chi connectivity index (χ2n) is 3.28. The van der Waals surface area contributed by atoms with Gasteiger partial charge in [-0.1, -0.05) is 15.9 Å². The molecule has 0 N–H and O–H groups in total. The van der Waals surface area contributed by atoms with Gasteiger partial charge in [-0.25, -0.2) is 8.42 Å². The smallest absolute Gasteiger partial charge is 0.239 e. The quantitative estimate of drug-likeness (QED) is 0.749. The largest absolute Gasteiger partial charge is 0.493 e. The van der Waals surface area contributed by atoms with Crippen LogP contribution in [0.4, 0.5) is 0 Å². The lowest BCUT2D eigenvalue weighted by molar-refractivity contribution is 0.284. The monoisotopic (exact) mass is 310 g/mol. The molecule has 1 aliphatic heterocycles. The van der Waals surface area contributed by atoms with E-state index in [1.807, 2.05) is 6.07 Å². The highest BCUT2D eigenvalue weighted by Gasteiger charge is 2.31. The van der Waals surface area contributed by atoms with Crippen molar-refractivity contribution in [2.24, 2.45) is 0 Å². The van der Waals surface area contributed by atoms with Gasteiger partial charge in [0.05, 0.1) is 6.61 Å². The Morgan fingerprint density at radius 2 is 2.20 bits per heavy atom. The zero-order chi connectivity index (χ0) is 11.1. The minimum Gasteiger partial charge on any atom is -0.493 e. The summed E-state index contributed by atoms with van der Waals surface area (Å²) in [6, 6.07) is 5.29. The van der Waals surface area contributed by atoms with Crippen molar-refractivity contribution in [2.45, 2.75) is 11.7 Å². The molecule has 2 rings (SSSR count). The molecule has 0 saturated heterocycles. The maximum Gasteiger partial charge on any atom is 0.239 e. The Morgan fingerprint density at radius 3 is 2.87 bits per heavy atom. The van der Waals surface area contributed by atoms with Gasteiger partial charge in [0.2, 0.25) is 9.05 Å². The molecule has 0 aromatic heterocycles. The Morgan fingerprint density at radius 1 is 1.47 bits per heavy atom. The molecule has 0 fully saturated rings. The first-order chi connectivity index (χ1) is 6.98. The molecule has 1 aromatic rings.